The molecule has 1 fully saturated rings. The maximum Gasteiger partial charge on any atom is 0.252 e. The molecule has 160 valence electrons. The Balaban J connectivity index is 1.65. The lowest BCUT2D eigenvalue weighted by Gasteiger charge is -2.26. The Morgan fingerprint density at radius 1 is 1.40 bits per heavy atom. The minimum Gasteiger partial charge on any atom is -0.503 e. The first kappa shape index (κ1) is 22.2. The number of benzene rings is 1. The van der Waals surface area contributed by atoms with Gasteiger partial charge >= 0.3 is 0 Å². The molecule has 1 aromatic heterocycles. The summed E-state index contributed by atoms with van der Waals surface area (Å²) < 4.78 is 11.5. The smallest absolute Gasteiger partial charge is 0.252 e. The van der Waals surface area contributed by atoms with Crippen LogP contribution >= 0.6 is 15.9 Å². The molecule has 2 aromatic rings. The highest BCUT2D eigenvalue weighted by Gasteiger charge is 2.27. The lowest BCUT2D eigenvalue weighted by Crippen LogP contribution is -2.13. The summed E-state index contributed by atoms with van der Waals surface area (Å²) in [5.74, 6) is 2.29. The number of nitrogens with one attached hydrogen (secondary N) is 1. The lowest BCUT2D eigenvalue weighted by molar-refractivity contribution is 0.278. The summed E-state index contributed by atoms with van der Waals surface area (Å²) in [6.45, 7) is 2.23. The minimum absolute atomic E-state index is 0.0265. The molecule has 2 N–H and O–H groups in total. The minimum atomic E-state index is 0.0265. The number of unbranched alkanes of at least 4 members (excludes halogenated alkanes) is 1. The van der Waals surface area contributed by atoms with Crippen LogP contribution in [-0.2, 0) is 0 Å². The topological polar surface area (TPSA) is 104 Å². The third kappa shape index (κ3) is 5.33. The molecule has 0 saturated heterocycles. The van der Waals surface area contributed by atoms with Gasteiger partial charge in [-0.05, 0) is 65.2 Å². The first-order chi connectivity index (χ1) is 14.5. The molecule has 8 heteroatoms. The van der Waals surface area contributed by atoms with Crippen molar-refractivity contribution >= 4 is 28.0 Å². The number of nitriles is 1. The number of anilines is 1. The number of aromatic hydroxyl groups is 1. The van der Waals surface area contributed by atoms with Gasteiger partial charge in [-0.1, -0.05) is 26.2 Å². The molecule has 7 nitrogen and oxygen atoms in total. The van der Waals surface area contributed by atoms with Crippen molar-refractivity contribution in [2.75, 3.05) is 12.5 Å². The summed E-state index contributed by atoms with van der Waals surface area (Å²) in [5.41, 5.74) is 3.69. The van der Waals surface area contributed by atoms with Gasteiger partial charge in [0.1, 0.15) is 6.07 Å². The summed E-state index contributed by atoms with van der Waals surface area (Å²) in [6, 6.07) is 5.43. The second kappa shape index (κ2) is 10.5. The average Bonchev–Trinajstić information content (AvgIpc) is 3.18. The van der Waals surface area contributed by atoms with Crippen LogP contribution in [0.25, 0.3) is 0 Å². The number of phenols is 1. The van der Waals surface area contributed by atoms with Crippen molar-refractivity contribution in [2.24, 2.45) is 11.0 Å². The predicted octanol–water partition coefficient (Wildman–Crippen LogP) is 5.93. The van der Waals surface area contributed by atoms with Crippen molar-refractivity contribution in [3.63, 3.8) is 0 Å². The van der Waals surface area contributed by atoms with Crippen molar-refractivity contribution in [1.29, 1.82) is 5.26 Å². The number of hydrogen-bond donors (Lipinski definition) is 2. The maximum absolute atomic E-state index is 9.89. The van der Waals surface area contributed by atoms with Gasteiger partial charge < -0.3 is 14.3 Å². The predicted molar refractivity (Wildman–Crippen MR) is 119 cm³/mol. The standard InChI is InChI=1S/C22H27BrN4O3/c1-3-4-5-14-6-8-16(9-7-14)21-26-18(12-24)22(30-21)27-25-13-15-10-17(23)20(28)19(11-15)29-2/h10-11,13-14,16,27-28H,3-9H2,1-2H3. The van der Waals surface area contributed by atoms with E-state index in [-0.39, 0.29) is 23.2 Å². The van der Waals surface area contributed by atoms with E-state index in [0.29, 0.717) is 21.7 Å². The second-order valence-corrected chi connectivity index (χ2v) is 8.48. The molecule has 1 saturated carbocycles. The molecule has 0 radical (unpaired) electrons. The van der Waals surface area contributed by atoms with Crippen molar-refractivity contribution < 1.29 is 14.3 Å². The lowest BCUT2D eigenvalue weighted by atomic mass is 9.80. The fourth-order valence-corrected chi connectivity index (χ4v) is 4.30. The molecule has 30 heavy (non-hydrogen) atoms. The van der Waals surface area contributed by atoms with Crippen molar-refractivity contribution in [3.05, 3.63) is 33.8 Å². The van der Waals surface area contributed by atoms with Crippen LogP contribution in [0, 0.1) is 17.2 Å². The van der Waals surface area contributed by atoms with Gasteiger partial charge in [-0.2, -0.15) is 10.4 Å². The number of hydrazone groups is 1. The molecule has 1 aliphatic rings. The molecule has 1 heterocycles. The quantitative estimate of drug-likeness (QED) is 0.362. The van der Waals surface area contributed by atoms with Crippen LogP contribution in [0.4, 0.5) is 5.88 Å². The van der Waals surface area contributed by atoms with E-state index in [0.717, 1.165) is 18.8 Å². The zero-order valence-corrected chi connectivity index (χ0v) is 18.9. The van der Waals surface area contributed by atoms with Gasteiger partial charge in [-0.3, -0.25) is 0 Å². The van der Waals surface area contributed by atoms with Crippen LogP contribution in [-0.4, -0.2) is 23.4 Å². The highest BCUT2D eigenvalue weighted by atomic mass is 79.9. The summed E-state index contributed by atoms with van der Waals surface area (Å²) in [6.07, 6.45) is 9.86. The monoisotopic (exact) mass is 474 g/mol. The number of halogens is 1. The molecule has 0 atom stereocenters. The van der Waals surface area contributed by atoms with Crippen LogP contribution in [0.3, 0.4) is 0 Å². The first-order valence-electron chi connectivity index (χ1n) is 10.3. The largest absolute Gasteiger partial charge is 0.503 e. The molecule has 1 aromatic carbocycles. The Morgan fingerprint density at radius 2 is 2.17 bits per heavy atom. The third-order valence-electron chi connectivity index (χ3n) is 5.56. The Hall–Kier alpha value is -2.53. The molecule has 0 unspecified atom stereocenters. The van der Waals surface area contributed by atoms with E-state index in [2.05, 4.69) is 44.4 Å². The van der Waals surface area contributed by atoms with Gasteiger partial charge in [0, 0.05) is 5.92 Å². The van der Waals surface area contributed by atoms with Gasteiger partial charge in [0.15, 0.2) is 11.5 Å². The van der Waals surface area contributed by atoms with Gasteiger partial charge in [-0.15, -0.1) is 0 Å². The van der Waals surface area contributed by atoms with Gasteiger partial charge in [-0.25, -0.2) is 10.4 Å². The Kier molecular flexibility index (Phi) is 7.75. The highest BCUT2D eigenvalue weighted by Crippen LogP contribution is 2.38. The summed E-state index contributed by atoms with van der Waals surface area (Å²) in [7, 11) is 1.48. The molecule has 0 spiro atoms. The van der Waals surface area contributed by atoms with Crippen molar-refractivity contribution in [3.8, 4) is 17.6 Å². The fourth-order valence-electron chi connectivity index (χ4n) is 3.84. The van der Waals surface area contributed by atoms with E-state index in [4.69, 9.17) is 9.15 Å². The SMILES string of the molecule is CCCCC1CCC(c2nc(C#N)c(NN=Cc3cc(Br)c(O)c(OC)c3)o2)CC1. The van der Waals surface area contributed by atoms with E-state index in [1.807, 2.05) is 0 Å². The summed E-state index contributed by atoms with van der Waals surface area (Å²) >= 11 is 3.28. The van der Waals surface area contributed by atoms with Crippen LogP contribution < -0.4 is 10.2 Å². The van der Waals surface area contributed by atoms with E-state index in [1.165, 1.54) is 39.2 Å². The van der Waals surface area contributed by atoms with Gasteiger partial charge in [0.05, 0.1) is 17.8 Å². The Labute approximate surface area is 185 Å². The molecular weight excluding hydrogens is 448 g/mol. The van der Waals surface area contributed by atoms with Gasteiger partial charge in [0.25, 0.3) is 5.88 Å². The number of hydrogen-bond acceptors (Lipinski definition) is 7. The van der Waals surface area contributed by atoms with Crippen LogP contribution in [0.1, 0.15) is 74.9 Å². The Morgan fingerprint density at radius 3 is 2.83 bits per heavy atom. The number of rotatable bonds is 8. The second-order valence-electron chi connectivity index (χ2n) is 7.63. The number of methoxy groups -OCH3 is 1. The summed E-state index contributed by atoms with van der Waals surface area (Å²) in [5, 5.41) is 23.4. The molecule has 1 aliphatic carbocycles. The van der Waals surface area contributed by atoms with E-state index < -0.39 is 0 Å². The number of aromatic nitrogens is 1. The molecular formula is C22H27BrN4O3. The van der Waals surface area contributed by atoms with Gasteiger partial charge in [0.2, 0.25) is 11.6 Å². The average molecular weight is 475 g/mol. The third-order valence-corrected chi connectivity index (χ3v) is 6.17. The molecule has 0 amide bonds. The van der Waals surface area contributed by atoms with E-state index in [9.17, 15) is 10.4 Å². The first-order valence-corrected chi connectivity index (χ1v) is 11.1. The zero-order valence-electron chi connectivity index (χ0n) is 17.3. The number of nitrogens with zero attached hydrogens (tertiary/aromatic N) is 3. The Bertz CT molecular complexity index is 927. The van der Waals surface area contributed by atoms with Crippen molar-refractivity contribution in [2.45, 2.75) is 57.8 Å². The van der Waals surface area contributed by atoms with Crippen LogP contribution in [0.5, 0.6) is 11.5 Å². The normalized spacial score (nSPS) is 19.0. The number of phenolic OH excluding ortho intramolecular Hbond substituents is 1. The number of oxazole rings is 1. The molecule has 3 rings (SSSR count). The zero-order chi connectivity index (χ0) is 21.5. The van der Waals surface area contributed by atoms with E-state index in [1.54, 1.807) is 18.3 Å². The maximum atomic E-state index is 9.89. The van der Waals surface area contributed by atoms with Crippen molar-refractivity contribution in [1.82, 2.24) is 4.98 Å². The molecule has 0 aliphatic heterocycles. The highest BCUT2D eigenvalue weighted by molar-refractivity contribution is 9.10. The fraction of sp³-hybridized carbons (Fsp3) is 0.500. The number of ether oxygens (including phenoxy) is 1. The van der Waals surface area contributed by atoms with Crippen LogP contribution in [0.2, 0.25) is 0 Å². The summed E-state index contributed by atoms with van der Waals surface area (Å²) in [4.78, 5) is 4.39. The molecule has 0 bridgehead atoms. The van der Waals surface area contributed by atoms with E-state index >= 15 is 0 Å². The van der Waals surface area contributed by atoms with Crippen LogP contribution in [0.15, 0.2) is 26.1 Å².